The summed E-state index contributed by atoms with van der Waals surface area (Å²) in [6.45, 7) is 7.65. The van der Waals surface area contributed by atoms with Gasteiger partial charge in [-0.3, -0.25) is 4.79 Å². The van der Waals surface area contributed by atoms with Crippen LogP contribution in [-0.2, 0) is 0 Å². The number of nitrogens with zero attached hydrogens (tertiary/aromatic N) is 4. The third kappa shape index (κ3) is 5.59. The van der Waals surface area contributed by atoms with E-state index in [1.807, 2.05) is 12.1 Å². The molecule has 0 aliphatic carbocycles. The molecule has 1 N–H and O–H groups in total. The quantitative estimate of drug-likeness (QED) is 0.470. The van der Waals surface area contributed by atoms with Crippen LogP contribution in [0, 0.1) is 0 Å². The van der Waals surface area contributed by atoms with Gasteiger partial charge in [0.2, 0.25) is 0 Å². The molecule has 7 nitrogen and oxygen atoms in total. The molecule has 0 aliphatic heterocycles. The van der Waals surface area contributed by atoms with Crippen molar-refractivity contribution in [2.75, 3.05) is 31.6 Å². The summed E-state index contributed by atoms with van der Waals surface area (Å²) in [5, 5.41) is 7.57. The highest BCUT2D eigenvalue weighted by Gasteiger charge is 2.18. The van der Waals surface area contributed by atoms with Gasteiger partial charge in [0.1, 0.15) is 22.7 Å². The van der Waals surface area contributed by atoms with Crippen molar-refractivity contribution in [1.29, 1.82) is 0 Å². The van der Waals surface area contributed by atoms with Crippen molar-refractivity contribution in [2.24, 2.45) is 0 Å². The molecule has 0 radical (unpaired) electrons. The molecular formula is C21H23BrClN5O2. The molecule has 3 rings (SSSR count). The number of rotatable bonds is 9. The van der Waals surface area contributed by atoms with Crippen molar-refractivity contribution in [3.8, 4) is 11.6 Å². The van der Waals surface area contributed by atoms with E-state index in [0.717, 1.165) is 19.6 Å². The molecule has 0 aliphatic rings. The number of hydrogen-bond donors (Lipinski definition) is 1. The molecule has 1 amide bonds. The summed E-state index contributed by atoms with van der Waals surface area (Å²) in [7, 11) is 0. The summed E-state index contributed by atoms with van der Waals surface area (Å²) in [6.07, 6.45) is 1.59. The van der Waals surface area contributed by atoms with E-state index in [9.17, 15) is 4.79 Å². The monoisotopic (exact) mass is 491 g/mol. The number of anilines is 1. The Kier molecular flexibility index (Phi) is 7.84. The minimum atomic E-state index is -0.338. The van der Waals surface area contributed by atoms with Crippen molar-refractivity contribution >= 4 is 39.1 Å². The van der Waals surface area contributed by atoms with E-state index in [1.165, 1.54) is 4.68 Å². The van der Waals surface area contributed by atoms with Gasteiger partial charge in [-0.1, -0.05) is 31.5 Å². The highest BCUT2D eigenvalue weighted by Crippen LogP contribution is 2.23. The van der Waals surface area contributed by atoms with E-state index in [4.69, 9.17) is 16.3 Å². The normalized spacial score (nSPS) is 11.0. The Bertz CT molecular complexity index is 1010. The van der Waals surface area contributed by atoms with Crippen LogP contribution in [0.25, 0.3) is 5.82 Å². The van der Waals surface area contributed by atoms with Crippen LogP contribution in [0.4, 0.5) is 5.69 Å². The number of aromatic nitrogens is 3. The Labute approximate surface area is 189 Å². The smallest absolute Gasteiger partial charge is 0.274 e. The second-order valence-electron chi connectivity index (χ2n) is 6.43. The van der Waals surface area contributed by atoms with E-state index in [1.54, 1.807) is 36.5 Å². The van der Waals surface area contributed by atoms with Crippen molar-refractivity contribution < 1.29 is 9.53 Å². The van der Waals surface area contributed by atoms with Gasteiger partial charge in [0.15, 0.2) is 5.82 Å². The highest BCUT2D eigenvalue weighted by atomic mass is 79.9. The molecule has 2 heterocycles. The number of halogens is 2. The zero-order valence-electron chi connectivity index (χ0n) is 16.8. The Hall–Kier alpha value is -2.42. The van der Waals surface area contributed by atoms with Crippen molar-refractivity contribution in [2.45, 2.75) is 13.8 Å². The molecule has 0 bridgehead atoms. The maximum atomic E-state index is 12.9. The summed E-state index contributed by atoms with van der Waals surface area (Å²) in [6, 6.07) is 12.3. The first-order valence-corrected chi connectivity index (χ1v) is 10.8. The van der Waals surface area contributed by atoms with Crippen molar-refractivity contribution in [3.05, 3.63) is 64.0 Å². The SMILES string of the molecule is CCN(CC)CCOc1cccc(NC(=O)c2cc(Br)nn2-c2ncccc2Cl)c1. The van der Waals surface area contributed by atoms with E-state index in [0.29, 0.717) is 39.2 Å². The number of nitrogens with one attached hydrogen (secondary N) is 1. The van der Waals surface area contributed by atoms with Gasteiger partial charge in [-0.05, 0) is 53.3 Å². The molecule has 30 heavy (non-hydrogen) atoms. The standard InChI is InChI=1S/C21H23BrClN5O2/c1-3-27(4-2)11-12-30-16-8-5-7-15(13-16)25-21(29)18-14-19(22)26-28(18)20-17(23)9-6-10-24-20/h5-10,13-14H,3-4,11-12H2,1-2H3,(H,25,29). The number of ether oxygens (including phenoxy) is 1. The molecule has 0 spiro atoms. The molecule has 9 heteroatoms. The lowest BCUT2D eigenvalue weighted by molar-refractivity contribution is 0.101. The predicted octanol–water partition coefficient (Wildman–Crippen LogP) is 4.66. The van der Waals surface area contributed by atoms with Crippen LogP contribution in [-0.4, -0.2) is 51.8 Å². The minimum absolute atomic E-state index is 0.301. The lowest BCUT2D eigenvalue weighted by atomic mass is 10.3. The molecule has 0 saturated heterocycles. The van der Waals surface area contributed by atoms with Gasteiger partial charge in [0.25, 0.3) is 5.91 Å². The summed E-state index contributed by atoms with van der Waals surface area (Å²) in [5.41, 5.74) is 0.923. The van der Waals surface area contributed by atoms with Gasteiger partial charge < -0.3 is 15.0 Å². The first-order chi connectivity index (χ1) is 14.5. The maximum absolute atomic E-state index is 12.9. The largest absolute Gasteiger partial charge is 0.492 e. The van der Waals surface area contributed by atoms with Crippen molar-refractivity contribution in [1.82, 2.24) is 19.7 Å². The Morgan fingerprint density at radius 1 is 1.23 bits per heavy atom. The van der Waals surface area contributed by atoms with Crippen LogP contribution in [0.15, 0.2) is 53.3 Å². The second kappa shape index (κ2) is 10.6. The molecule has 158 valence electrons. The summed E-state index contributed by atoms with van der Waals surface area (Å²) >= 11 is 9.54. The summed E-state index contributed by atoms with van der Waals surface area (Å²) in [4.78, 5) is 19.4. The fourth-order valence-electron chi connectivity index (χ4n) is 2.90. The fraction of sp³-hybridized carbons (Fsp3) is 0.286. The molecule has 0 saturated carbocycles. The lowest BCUT2D eigenvalue weighted by Crippen LogP contribution is -2.27. The number of pyridine rings is 1. The summed E-state index contributed by atoms with van der Waals surface area (Å²) in [5.74, 6) is 0.737. The van der Waals surface area contributed by atoms with Gasteiger partial charge >= 0.3 is 0 Å². The van der Waals surface area contributed by atoms with E-state index in [-0.39, 0.29) is 5.91 Å². The molecular weight excluding hydrogens is 470 g/mol. The van der Waals surface area contributed by atoms with E-state index >= 15 is 0 Å². The predicted molar refractivity (Wildman–Crippen MR) is 122 cm³/mol. The average molecular weight is 493 g/mol. The van der Waals surface area contributed by atoms with Gasteiger partial charge in [-0.2, -0.15) is 5.10 Å². The van der Waals surface area contributed by atoms with E-state index in [2.05, 4.69) is 50.1 Å². The number of carbonyl (C=O) groups is 1. The Morgan fingerprint density at radius 2 is 2.03 bits per heavy atom. The van der Waals surface area contributed by atoms with Gasteiger partial charge in [0.05, 0.1) is 5.02 Å². The Morgan fingerprint density at radius 3 is 2.77 bits per heavy atom. The molecule has 0 atom stereocenters. The number of amides is 1. The topological polar surface area (TPSA) is 72.3 Å². The lowest BCUT2D eigenvalue weighted by Gasteiger charge is -2.18. The van der Waals surface area contributed by atoms with Crippen LogP contribution in [0.1, 0.15) is 24.3 Å². The first-order valence-electron chi connectivity index (χ1n) is 9.64. The highest BCUT2D eigenvalue weighted by molar-refractivity contribution is 9.10. The van der Waals surface area contributed by atoms with Crippen LogP contribution >= 0.6 is 27.5 Å². The molecule has 1 aromatic carbocycles. The van der Waals surface area contributed by atoms with Crippen LogP contribution in [0.3, 0.4) is 0 Å². The average Bonchev–Trinajstić information content (AvgIpc) is 3.13. The van der Waals surface area contributed by atoms with E-state index < -0.39 is 0 Å². The third-order valence-corrected chi connectivity index (χ3v) is 5.20. The molecule has 0 fully saturated rings. The third-order valence-electron chi connectivity index (χ3n) is 4.51. The van der Waals surface area contributed by atoms with Gasteiger partial charge in [-0.25, -0.2) is 9.67 Å². The minimum Gasteiger partial charge on any atom is -0.492 e. The van der Waals surface area contributed by atoms with Gasteiger partial charge in [-0.15, -0.1) is 0 Å². The first kappa shape index (κ1) is 22.3. The number of likely N-dealkylation sites (N-methyl/N-ethyl adjacent to an activating group) is 1. The van der Waals surface area contributed by atoms with Crippen molar-refractivity contribution in [3.63, 3.8) is 0 Å². The van der Waals surface area contributed by atoms with Crippen LogP contribution < -0.4 is 10.1 Å². The molecule has 0 unspecified atom stereocenters. The Balaban J connectivity index is 1.72. The number of benzene rings is 1. The van der Waals surface area contributed by atoms with Gasteiger partial charge in [0, 0.05) is 30.6 Å². The molecule has 3 aromatic rings. The maximum Gasteiger partial charge on any atom is 0.274 e. The summed E-state index contributed by atoms with van der Waals surface area (Å²) < 4.78 is 7.75. The number of carbonyl (C=O) groups excluding carboxylic acids is 1. The zero-order chi connectivity index (χ0) is 21.5. The second-order valence-corrected chi connectivity index (χ2v) is 7.65. The fourth-order valence-corrected chi connectivity index (χ4v) is 3.48. The zero-order valence-corrected chi connectivity index (χ0v) is 19.2. The number of hydrogen-bond acceptors (Lipinski definition) is 5. The molecule has 2 aromatic heterocycles. The van der Waals surface area contributed by atoms with Crippen LogP contribution in [0.5, 0.6) is 5.75 Å². The van der Waals surface area contributed by atoms with Crippen LogP contribution in [0.2, 0.25) is 5.02 Å².